The summed E-state index contributed by atoms with van der Waals surface area (Å²) in [6.45, 7) is 6.60. The second-order valence-electron chi connectivity index (χ2n) is 5.32. The van der Waals surface area contributed by atoms with Gasteiger partial charge in [-0.05, 0) is 23.5 Å². The van der Waals surface area contributed by atoms with Crippen molar-refractivity contribution in [1.82, 2.24) is 9.97 Å². The van der Waals surface area contributed by atoms with Gasteiger partial charge in [-0.2, -0.15) is 0 Å². The van der Waals surface area contributed by atoms with Gasteiger partial charge in [-0.25, -0.2) is 4.79 Å². The number of imidazole rings is 1. The van der Waals surface area contributed by atoms with Crippen LogP contribution in [-0.2, 0) is 0 Å². The molecular weight excluding hydrogens is 236 g/mol. The lowest BCUT2D eigenvalue weighted by Gasteiger charge is -2.20. The van der Waals surface area contributed by atoms with Gasteiger partial charge < -0.3 is 9.97 Å². The minimum absolute atomic E-state index is 0.127. The van der Waals surface area contributed by atoms with Crippen molar-refractivity contribution in [2.24, 2.45) is 0 Å². The standard InChI is InChI=1S/C16H22N2O/c1-4-7-14(15-10-17-16(19)18-15)13-9-6-5-8-12(13)11(2)3/h5-6,8-11,14H,4,7H2,1-3H3,(H2,17,18,19). The molecule has 0 spiro atoms. The van der Waals surface area contributed by atoms with E-state index >= 15 is 0 Å². The van der Waals surface area contributed by atoms with E-state index in [0.29, 0.717) is 5.92 Å². The van der Waals surface area contributed by atoms with Crippen LogP contribution >= 0.6 is 0 Å². The Morgan fingerprint density at radius 3 is 2.37 bits per heavy atom. The molecule has 0 saturated heterocycles. The molecule has 19 heavy (non-hydrogen) atoms. The highest BCUT2D eigenvalue weighted by molar-refractivity contribution is 5.37. The molecule has 0 aliphatic heterocycles. The summed E-state index contributed by atoms with van der Waals surface area (Å²) in [5.74, 6) is 0.753. The predicted octanol–water partition coefficient (Wildman–Crippen LogP) is 3.76. The average molecular weight is 258 g/mol. The van der Waals surface area contributed by atoms with Crippen molar-refractivity contribution in [1.29, 1.82) is 0 Å². The molecule has 3 heteroatoms. The van der Waals surface area contributed by atoms with Crippen molar-refractivity contribution in [3.8, 4) is 0 Å². The van der Waals surface area contributed by atoms with Crippen molar-refractivity contribution in [3.63, 3.8) is 0 Å². The highest BCUT2D eigenvalue weighted by Crippen LogP contribution is 2.32. The fourth-order valence-corrected chi connectivity index (χ4v) is 2.66. The molecule has 1 aromatic heterocycles. The Morgan fingerprint density at radius 1 is 1.16 bits per heavy atom. The quantitative estimate of drug-likeness (QED) is 0.843. The van der Waals surface area contributed by atoms with Crippen LogP contribution in [0.3, 0.4) is 0 Å². The Hall–Kier alpha value is -1.77. The first-order chi connectivity index (χ1) is 9.13. The maximum Gasteiger partial charge on any atom is 0.323 e. The van der Waals surface area contributed by atoms with Gasteiger partial charge in [0.1, 0.15) is 0 Å². The molecule has 2 N–H and O–H groups in total. The number of benzene rings is 1. The van der Waals surface area contributed by atoms with Crippen LogP contribution in [0, 0.1) is 0 Å². The Labute approximate surface area is 114 Å². The number of hydrogen-bond donors (Lipinski definition) is 2. The van der Waals surface area contributed by atoms with E-state index in [1.165, 1.54) is 11.1 Å². The molecular formula is C16H22N2O. The molecule has 0 fully saturated rings. The lowest BCUT2D eigenvalue weighted by molar-refractivity contribution is 0.668. The van der Waals surface area contributed by atoms with Crippen LogP contribution in [0.2, 0.25) is 0 Å². The summed E-state index contributed by atoms with van der Waals surface area (Å²) >= 11 is 0. The largest absolute Gasteiger partial charge is 0.323 e. The molecule has 1 aromatic carbocycles. The molecule has 1 unspecified atom stereocenters. The molecule has 2 aromatic rings. The number of aromatic nitrogens is 2. The first-order valence-electron chi connectivity index (χ1n) is 6.99. The molecule has 2 rings (SSSR count). The Balaban J connectivity index is 2.47. The third kappa shape index (κ3) is 2.98. The van der Waals surface area contributed by atoms with E-state index in [-0.39, 0.29) is 11.6 Å². The summed E-state index contributed by atoms with van der Waals surface area (Å²) < 4.78 is 0. The van der Waals surface area contributed by atoms with Crippen LogP contribution in [0.4, 0.5) is 0 Å². The first kappa shape index (κ1) is 13.7. The third-order valence-corrected chi connectivity index (χ3v) is 3.56. The second kappa shape index (κ2) is 5.91. The zero-order chi connectivity index (χ0) is 13.8. The Kier molecular flexibility index (Phi) is 4.25. The van der Waals surface area contributed by atoms with E-state index in [4.69, 9.17) is 0 Å². The maximum atomic E-state index is 11.3. The van der Waals surface area contributed by atoms with Crippen molar-refractivity contribution in [2.45, 2.75) is 45.4 Å². The van der Waals surface area contributed by atoms with Gasteiger partial charge in [0.2, 0.25) is 0 Å². The summed E-state index contributed by atoms with van der Waals surface area (Å²) in [6, 6.07) is 8.53. The zero-order valence-corrected chi connectivity index (χ0v) is 11.9. The van der Waals surface area contributed by atoms with Gasteiger partial charge in [0.25, 0.3) is 0 Å². The van der Waals surface area contributed by atoms with Gasteiger partial charge in [0.15, 0.2) is 0 Å². The van der Waals surface area contributed by atoms with E-state index in [9.17, 15) is 4.79 Å². The Bertz CT molecular complexity index is 580. The highest BCUT2D eigenvalue weighted by Gasteiger charge is 2.19. The normalized spacial score (nSPS) is 12.8. The van der Waals surface area contributed by atoms with E-state index in [1.807, 2.05) is 0 Å². The maximum absolute atomic E-state index is 11.3. The molecule has 0 aliphatic carbocycles. The fourth-order valence-electron chi connectivity index (χ4n) is 2.66. The number of nitrogens with one attached hydrogen (secondary N) is 2. The number of aromatic amines is 2. The van der Waals surface area contributed by atoms with Crippen molar-refractivity contribution < 1.29 is 0 Å². The Morgan fingerprint density at radius 2 is 1.84 bits per heavy atom. The topological polar surface area (TPSA) is 48.6 Å². The van der Waals surface area contributed by atoms with Gasteiger partial charge in [0, 0.05) is 17.8 Å². The van der Waals surface area contributed by atoms with Crippen molar-refractivity contribution >= 4 is 0 Å². The molecule has 0 aliphatic rings. The molecule has 1 heterocycles. The van der Waals surface area contributed by atoms with E-state index in [0.717, 1.165) is 18.5 Å². The summed E-state index contributed by atoms with van der Waals surface area (Å²) in [6.07, 6.45) is 3.93. The molecule has 0 saturated carbocycles. The summed E-state index contributed by atoms with van der Waals surface area (Å²) in [7, 11) is 0. The molecule has 102 valence electrons. The van der Waals surface area contributed by atoms with Crippen LogP contribution in [0.15, 0.2) is 35.3 Å². The van der Waals surface area contributed by atoms with Crippen LogP contribution < -0.4 is 5.69 Å². The second-order valence-corrected chi connectivity index (χ2v) is 5.32. The average Bonchev–Trinajstić information content (AvgIpc) is 2.82. The molecule has 3 nitrogen and oxygen atoms in total. The third-order valence-electron chi connectivity index (χ3n) is 3.56. The summed E-state index contributed by atoms with van der Waals surface area (Å²) in [5.41, 5.74) is 3.55. The van der Waals surface area contributed by atoms with Crippen molar-refractivity contribution in [2.75, 3.05) is 0 Å². The van der Waals surface area contributed by atoms with E-state index in [2.05, 4.69) is 55.0 Å². The lowest BCUT2D eigenvalue weighted by Crippen LogP contribution is -2.08. The van der Waals surface area contributed by atoms with Gasteiger partial charge in [-0.1, -0.05) is 51.5 Å². The minimum atomic E-state index is -0.127. The number of H-pyrrole nitrogens is 2. The minimum Gasteiger partial charge on any atom is -0.313 e. The number of rotatable bonds is 5. The zero-order valence-electron chi connectivity index (χ0n) is 11.9. The SMILES string of the molecule is CCCC(c1c[nH]c(=O)[nH]1)c1ccccc1C(C)C. The molecule has 1 atom stereocenters. The fraction of sp³-hybridized carbons (Fsp3) is 0.438. The first-order valence-corrected chi connectivity index (χ1v) is 6.99. The van der Waals surface area contributed by atoms with Gasteiger partial charge >= 0.3 is 5.69 Å². The van der Waals surface area contributed by atoms with Gasteiger partial charge in [-0.15, -0.1) is 0 Å². The molecule has 0 bridgehead atoms. The predicted molar refractivity (Wildman–Crippen MR) is 78.7 cm³/mol. The van der Waals surface area contributed by atoms with E-state index < -0.39 is 0 Å². The van der Waals surface area contributed by atoms with Crippen LogP contribution in [0.25, 0.3) is 0 Å². The summed E-state index contributed by atoms with van der Waals surface area (Å²) in [5, 5.41) is 0. The van der Waals surface area contributed by atoms with Gasteiger partial charge in [-0.3, -0.25) is 0 Å². The molecule has 0 amide bonds. The van der Waals surface area contributed by atoms with Crippen LogP contribution in [0.5, 0.6) is 0 Å². The van der Waals surface area contributed by atoms with E-state index in [1.54, 1.807) is 6.20 Å². The lowest BCUT2D eigenvalue weighted by atomic mass is 9.85. The summed E-state index contributed by atoms with van der Waals surface area (Å²) in [4.78, 5) is 17.0. The van der Waals surface area contributed by atoms with Gasteiger partial charge in [0.05, 0.1) is 0 Å². The van der Waals surface area contributed by atoms with Crippen LogP contribution in [-0.4, -0.2) is 9.97 Å². The monoisotopic (exact) mass is 258 g/mol. The highest BCUT2D eigenvalue weighted by atomic mass is 16.1. The van der Waals surface area contributed by atoms with Crippen LogP contribution in [0.1, 0.15) is 62.3 Å². The van der Waals surface area contributed by atoms with Crippen molar-refractivity contribution in [3.05, 3.63) is 57.8 Å². The molecule has 0 radical (unpaired) electrons. The number of hydrogen-bond acceptors (Lipinski definition) is 1. The smallest absolute Gasteiger partial charge is 0.313 e.